The zero-order chi connectivity index (χ0) is 13.2. The number of fused-ring (bicyclic) bond motifs is 1. The molecular formula is C15H14N2O. The van der Waals surface area contributed by atoms with E-state index in [-0.39, 0.29) is 5.91 Å². The fourth-order valence-corrected chi connectivity index (χ4v) is 2.25. The molecular weight excluding hydrogens is 224 g/mol. The van der Waals surface area contributed by atoms with Crippen LogP contribution < -0.4 is 0 Å². The smallest absolute Gasteiger partial charge is 0.254 e. The van der Waals surface area contributed by atoms with Crippen LogP contribution in [0.3, 0.4) is 0 Å². The Bertz CT molecular complexity index is 613. The lowest BCUT2D eigenvalue weighted by atomic mass is 9.99. The number of hydrogen-bond acceptors (Lipinski definition) is 2. The van der Waals surface area contributed by atoms with Gasteiger partial charge in [-0.25, -0.2) is 0 Å². The van der Waals surface area contributed by atoms with E-state index in [1.54, 1.807) is 24.4 Å². The molecule has 18 heavy (non-hydrogen) atoms. The third-order valence-electron chi connectivity index (χ3n) is 3.20. The van der Waals surface area contributed by atoms with Gasteiger partial charge in [-0.1, -0.05) is 24.2 Å². The maximum absolute atomic E-state index is 12.4. The van der Waals surface area contributed by atoms with Gasteiger partial charge in [-0.15, -0.1) is 0 Å². The minimum Gasteiger partial charge on any atom is -0.332 e. The Labute approximate surface area is 107 Å². The number of nitrogens with zero attached hydrogens (tertiary/aromatic N) is 2. The van der Waals surface area contributed by atoms with Crippen LogP contribution in [-0.2, 0) is 13.0 Å². The summed E-state index contributed by atoms with van der Waals surface area (Å²) in [4.78, 5) is 18.4. The highest BCUT2D eigenvalue weighted by Crippen LogP contribution is 2.19. The lowest BCUT2D eigenvalue weighted by molar-refractivity contribution is 0.0725. The zero-order valence-electron chi connectivity index (χ0n) is 11.0. The molecule has 0 bridgehead atoms. The predicted octanol–water partition coefficient (Wildman–Crippen LogP) is 2.28. The number of amides is 1. The van der Waals surface area contributed by atoms with E-state index >= 15 is 0 Å². The van der Waals surface area contributed by atoms with E-state index in [4.69, 9.17) is 1.37 Å². The Morgan fingerprint density at radius 3 is 3.06 bits per heavy atom. The van der Waals surface area contributed by atoms with Crippen LogP contribution in [0.5, 0.6) is 0 Å². The molecule has 1 aromatic carbocycles. The number of rotatable bonds is 2. The Morgan fingerprint density at radius 1 is 1.28 bits per heavy atom. The molecule has 0 atom stereocenters. The van der Waals surface area contributed by atoms with E-state index < -0.39 is 0 Å². The van der Waals surface area contributed by atoms with Crippen LogP contribution in [-0.4, -0.2) is 22.3 Å². The lowest BCUT2D eigenvalue weighted by Crippen LogP contribution is -2.37. The van der Waals surface area contributed by atoms with Crippen molar-refractivity contribution in [3.05, 3.63) is 65.5 Å². The molecule has 1 aliphatic heterocycles. The average Bonchev–Trinajstić information content (AvgIpc) is 2.43. The summed E-state index contributed by atoms with van der Waals surface area (Å²) >= 11 is 0. The van der Waals surface area contributed by atoms with Crippen molar-refractivity contribution in [3.63, 3.8) is 0 Å². The molecule has 3 heteroatoms. The van der Waals surface area contributed by atoms with Crippen LogP contribution in [0.2, 0.25) is 0 Å². The van der Waals surface area contributed by atoms with E-state index in [1.807, 2.05) is 23.1 Å². The van der Waals surface area contributed by atoms with Crippen LogP contribution in [0.4, 0.5) is 0 Å². The molecule has 1 amide bonds. The number of hydrogen-bond donors (Lipinski definition) is 0. The third-order valence-corrected chi connectivity index (χ3v) is 3.20. The summed E-state index contributed by atoms with van der Waals surface area (Å²) < 4.78 is 7.60. The van der Waals surface area contributed by atoms with Gasteiger partial charge >= 0.3 is 0 Å². The molecule has 0 aliphatic carbocycles. The first-order valence-corrected chi connectivity index (χ1v) is 6.03. The first kappa shape index (κ1) is 9.83. The first-order valence-electron chi connectivity index (χ1n) is 6.53. The maximum atomic E-state index is 12.4. The minimum atomic E-state index is 0.0342. The molecule has 0 spiro atoms. The molecule has 0 N–H and O–H groups in total. The molecule has 2 aromatic rings. The highest BCUT2D eigenvalue weighted by Gasteiger charge is 2.23. The number of carbonyl (C=O) groups excluding carboxylic acids is 1. The Hall–Kier alpha value is -2.16. The van der Waals surface area contributed by atoms with E-state index in [0.717, 1.165) is 23.2 Å². The normalized spacial score (nSPS) is 15.2. The van der Waals surface area contributed by atoms with Crippen molar-refractivity contribution >= 4 is 5.91 Å². The number of pyridine rings is 1. The monoisotopic (exact) mass is 239 g/mol. The van der Waals surface area contributed by atoms with Gasteiger partial charge in [0.1, 0.15) is 0 Å². The van der Waals surface area contributed by atoms with Crippen molar-refractivity contribution in [1.29, 1.82) is 0 Å². The van der Waals surface area contributed by atoms with Crippen molar-refractivity contribution in [2.75, 3.05) is 6.54 Å². The lowest BCUT2D eigenvalue weighted by Gasteiger charge is -2.28. The fraction of sp³-hybridized carbons (Fsp3) is 0.200. The zero-order valence-corrected chi connectivity index (χ0v) is 9.97. The molecule has 3 rings (SSSR count). The summed E-state index contributed by atoms with van der Waals surface area (Å²) in [6, 6.07) is 11.4. The minimum absolute atomic E-state index is 0.0342. The van der Waals surface area contributed by atoms with Gasteiger partial charge in [0.15, 0.2) is 0 Å². The van der Waals surface area contributed by atoms with Gasteiger partial charge in [0.2, 0.25) is 0 Å². The molecule has 3 nitrogen and oxygen atoms in total. The van der Waals surface area contributed by atoms with Crippen LogP contribution >= 0.6 is 0 Å². The van der Waals surface area contributed by atoms with Crippen molar-refractivity contribution < 1.29 is 6.17 Å². The topological polar surface area (TPSA) is 33.2 Å². The van der Waals surface area contributed by atoms with Crippen molar-refractivity contribution in [2.24, 2.45) is 0 Å². The van der Waals surface area contributed by atoms with Crippen LogP contribution in [0.15, 0.2) is 48.6 Å². The third kappa shape index (κ3) is 1.99. The average molecular weight is 239 g/mol. The Morgan fingerprint density at radius 2 is 2.22 bits per heavy atom. The summed E-state index contributed by atoms with van der Waals surface area (Å²) in [5.74, 6) is 0.0342. The number of benzene rings is 1. The van der Waals surface area contributed by atoms with Gasteiger partial charge in [0.05, 0.1) is 13.6 Å². The van der Waals surface area contributed by atoms with Gasteiger partial charge in [-0.05, 0) is 30.2 Å². The molecule has 0 fully saturated rings. The standard InChI is InChI=1S/C15H14N2O/c18-15-14-7-2-1-5-12(14)8-10-17(15)11-13-6-3-4-9-16-13/h1-7,9H,8,10-11H2/i1D. The number of aromatic nitrogens is 1. The molecule has 0 radical (unpaired) electrons. The second-order valence-electron chi connectivity index (χ2n) is 4.38. The van der Waals surface area contributed by atoms with Gasteiger partial charge in [-0.3, -0.25) is 9.78 Å². The van der Waals surface area contributed by atoms with Crippen LogP contribution in [0.25, 0.3) is 0 Å². The second kappa shape index (κ2) is 4.61. The summed E-state index contributed by atoms with van der Waals surface area (Å²) in [6.07, 6.45) is 2.55. The predicted molar refractivity (Wildman–Crippen MR) is 69.1 cm³/mol. The fourth-order valence-electron chi connectivity index (χ4n) is 2.25. The Kier molecular flexibility index (Phi) is 2.52. The molecule has 0 saturated carbocycles. The first-order chi connectivity index (χ1) is 9.24. The van der Waals surface area contributed by atoms with Gasteiger partial charge in [-0.2, -0.15) is 0 Å². The highest BCUT2D eigenvalue weighted by molar-refractivity contribution is 5.96. The SMILES string of the molecule is [2H]c1ccc2c(c1)CCN(Cc1ccccn1)C2=O. The highest BCUT2D eigenvalue weighted by atomic mass is 16.2. The van der Waals surface area contributed by atoms with E-state index in [9.17, 15) is 4.79 Å². The van der Waals surface area contributed by atoms with E-state index in [2.05, 4.69) is 4.98 Å². The van der Waals surface area contributed by atoms with Crippen molar-refractivity contribution in [1.82, 2.24) is 9.88 Å². The van der Waals surface area contributed by atoms with Crippen LogP contribution in [0, 0.1) is 0 Å². The summed E-state index contributed by atoms with van der Waals surface area (Å²) in [6.45, 7) is 1.23. The number of carbonyl (C=O) groups is 1. The van der Waals surface area contributed by atoms with Gasteiger partial charge in [0.25, 0.3) is 5.91 Å². The molecule has 2 heterocycles. The Balaban J connectivity index is 1.84. The summed E-state index contributed by atoms with van der Waals surface area (Å²) in [5, 5.41) is 0. The largest absolute Gasteiger partial charge is 0.332 e. The van der Waals surface area contributed by atoms with Crippen molar-refractivity contribution in [3.8, 4) is 0 Å². The molecule has 0 saturated heterocycles. The molecule has 1 aromatic heterocycles. The van der Waals surface area contributed by atoms with Crippen molar-refractivity contribution in [2.45, 2.75) is 13.0 Å². The molecule has 1 aliphatic rings. The quantitative estimate of drug-likeness (QED) is 0.805. The maximum Gasteiger partial charge on any atom is 0.254 e. The van der Waals surface area contributed by atoms with Gasteiger partial charge in [0, 0.05) is 18.3 Å². The summed E-state index contributed by atoms with van der Waals surface area (Å²) in [7, 11) is 0. The second-order valence-corrected chi connectivity index (χ2v) is 4.38. The van der Waals surface area contributed by atoms with Crippen LogP contribution in [0.1, 0.15) is 23.0 Å². The van der Waals surface area contributed by atoms with E-state index in [1.165, 1.54) is 0 Å². The van der Waals surface area contributed by atoms with Gasteiger partial charge < -0.3 is 4.90 Å². The molecule has 90 valence electrons. The van der Waals surface area contributed by atoms with E-state index in [0.29, 0.717) is 19.1 Å². The summed E-state index contributed by atoms with van der Waals surface area (Å²) in [5.41, 5.74) is 2.60. The molecule has 0 unspecified atom stereocenters.